The Morgan fingerprint density at radius 3 is 2.65 bits per heavy atom. The van der Waals surface area contributed by atoms with Crippen LogP contribution in [0.5, 0.6) is 5.75 Å². The van der Waals surface area contributed by atoms with E-state index in [0.29, 0.717) is 24.3 Å². The molecule has 0 spiro atoms. The van der Waals surface area contributed by atoms with Gasteiger partial charge in [-0.2, -0.15) is 0 Å². The summed E-state index contributed by atoms with van der Waals surface area (Å²) in [5, 5.41) is 21.6. The molecular formula is C13H19NO3. The van der Waals surface area contributed by atoms with Crippen LogP contribution in [0.25, 0.3) is 0 Å². The Bertz CT molecular complexity index is 377. The molecule has 1 aromatic rings. The number of aliphatic hydroxyl groups is 1. The van der Waals surface area contributed by atoms with E-state index in [1.165, 1.54) is 0 Å². The molecule has 0 saturated heterocycles. The predicted molar refractivity (Wildman–Crippen MR) is 66.8 cm³/mol. The fourth-order valence-electron chi connectivity index (χ4n) is 1.45. The normalized spacial score (nSPS) is 13.5. The van der Waals surface area contributed by atoms with Crippen molar-refractivity contribution < 1.29 is 15.1 Å². The number of ether oxygens (including phenoxy) is 1. The van der Waals surface area contributed by atoms with E-state index in [4.69, 9.17) is 9.94 Å². The molecule has 1 unspecified atom stereocenters. The highest BCUT2D eigenvalue weighted by molar-refractivity contribution is 6.02. The maximum atomic E-state index is 9.46. The molecule has 0 aliphatic heterocycles. The second-order valence-electron chi connectivity index (χ2n) is 3.77. The van der Waals surface area contributed by atoms with Gasteiger partial charge >= 0.3 is 0 Å². The largest absolute Gasteiger partial charge is 0.490 e. The van der Waals surface area contributed by atoms with E-state index in [9.17, 15) is 5.11 Å². The van der Waals surface area contributed by atoms with Gasteiger partial charge in [0.25, 0.3) is 0 Å². The van der Waals surface area contributed by atoms with Crippen LogP contribution in [0.2, 0.25) is 0 Å². The molecule has 4 heteroatoms. The fourth-order valence-corrected chi connectivity index (χ4v) is 1.45. The average molecular weight is 237 g/mol. The molecule has 0 saturated carbocycles. The minimum Gasteiger partial charge on any atom is -0.490 e. The molecule has 0 aliphatic carbocycles. The minimum atomic E-state index is -0.473. The first kappa shape index (κ1) is 13.5. The smallest absolute Gasteiger partial charge is 0.128 e. The lowest BCUT2D eigenvalue weighted by Gasteiger charge is -2.13. The summed E-state index contributed by atoms with van der Waals surface area (Å²) in [5.41, 5.74) is 1.34. The third kappa shape index (κ3) is 3.75. The van der Waals surface area contributed by atoms with Crippen LogP contribution in [0.15, 0.2) is 29.4 Å². The molecule has 0 bridgehead atoms. The average Bonchev–Trinajstić information content (AvgIpc) is 2.38. The molecule has 0 fully saturated rings. The third-order valence-corrected chi connectivity index (χ3v) is 2.56. The first-order valence-electron chi connectivity index (χ1n) is 5.84. The summed E-state index contributed by atoms with van der Waals surface area (Å²) in [7, 11) is 0. The minimum absolute atomic E-state index is 0.246. The van der Waals surface area contributed by atoms with Crippen LogP contribution >= 0.6 is 0 Å². The number of para-hydroxylation sites is 1. The number of benzene rings is 1. The monoisotopic (exact) mass is 237 g/mol. The van der Waals surface area contributed by atoms with Crippen molar-refractivity contribution in [3.8, 4) is 5.75 Å². The van der Waals surface area contributed by atoms with Gasteiger partial charge in [0.2, 0.25) is 0 Å². The van der Waals surface area contributed by atoms with Crippen molar-refractivity contribution in [2.24, 2.45) is 5.16 Å². The SMILES string of the molecule is CC/C(=N\O)c1ccccc1OCC(O)CC. The van der Waals surface area contributed by atoms with Crippen LogP contribution in [-0.4, -0.2) is 28.7 Å². The van der Waals surface area contributed by atoms with Crippen molar-refractivity contribution >= 4 is 5.71 Å². The maximum absolute atomic E-state index is 9.46. The summed E-state index contributed by atoms with van der Waals surface area (Å²) in [6.07, 6.45) is 0.795. The summed E-state index contributed by atoms with van der Waals surface area (Å²) >= 11 is 0. The van der Waals surface area contributed by atoms with Crippen molar-refractivity contribution in [2.45, 2.75) is 32.8 Å². The van der Waals surface area contributed by atoms with Crippen molar-refractivity contribution in [2.75, 3.05) is 6.61 Å². The molecular weight excluding hydrogens is 218 g/mol. The molecule has 4 nitrogen and oxygen atoms in total. The highest BCUT2D eigenvalue weighted by Crippen LogP contribution is 2.20. The van der Waals surface area contributed by atoms with E-state index in [1.807, 2.05) is 32.0 Å². The molecule has 0 aromatic heterocycles. The standard InChI is InChI=1S/C13H19NO3/c1-3-10(15)9-17-13-8-6-5-7-11(13)12(4-2)14-16/h5-8,10,15-16H,3-4,9H2,1-2H3/b14-12+. The Hall–Kier alpha value is -1.55. The highest BCUT2D eigenvalue weighted by Gasteiger charge is 2.10. The Morgan fingerprint density at radius 2 is 2.06 bits per heavy atom. The van der Waals surface area contributed by atoms with Gasteiger partial charge in [-0.05, 0) is 25.0 Å². The van der Waals surface area contributed by atoms with E-state index < -0.39 is 6.10 Å². The second-order valence-corrected chi connectivity index (χ2v) is 3.77. The first-order valence-corrected chi connectivity index (χ1v) is 5.84. The van der Waals surface area contributed by atoms with Crippen molar-refractivity contribution in [3.05, 3.63) is 29.8 Å². The van der Waals surface area contributed by atoms with Crippen LogP contribution in [0.4, 0.5) is 0 Å². The lowest BCUT2D eigenvalue weighted by Crippen LogP contribution is -2.17. The van der Waals surface area contributed by atoms with E-state index >= 15 is 0 Å². The molecule has 94 valence electrons. The van der Waals surface area contributed by atoms with Gasteiger partial charge in [0.15, 0.2) is 0 Å². The summed E-state index contributed by atoms with van der Waals surface area (Å²) in [6, 6.07) is 7.35. The lowest BCUT2D eigenvalue weighted by molar-refractivity contribution is 0.104. The highest BCUT2D eigenvalue weighted by atomic mass is 16.5. The molecule has 1 rings (SSSR count). The van der Waals surface area contributed by atoms with Gasteiger partial charge in [-0.15, -0.1) is 0 Å². The molecule has 1 aromatic carbocycles. The van der Waals surface area contributed by atoms with E-state index in [2.05, 4.69) is 5.16 Å². The number of rotatable bonds is 6. The molecule has 0 amide bonds. The van der Waals surface area contributed by atoms with Crippen LogP contribution in [-0.2, 0) is 0 Å². The van der Waals surface area contributed by atoms with E-state index in [1.54, 1.807) is 6.07 Å². The Labute approximate surface area is 102 Å². The molecule has 17 heavy (non-hydrogen) atoms. The molecule has 0 heterocycles. The second kappa shape index (κ2) is 6.91. The number of hydrogen-bond donors (Lipinski definition) is 2. The zero-order chi connectivity index (χ0) is 12.7. The van der Waals surface area contributed by atoms with Crippen molar-refractivity contribution in [3.63, 3.8) is 0 Å². The van der Waals surface area contributed by atoms with Crippen molar-refractivity contribution in [1.82, 2.24) is 0 Å². The van der Waals surface area contributed by atoms with Gasteiger partial charge in [0.1, 0.15) is 12.4 Å². The number of oxime groups is 1. The Kier molecular flexibility index (Phi) is 5.49. The number of aliphatic hydroxyl groups excluding tert-OH is 1. The van der Waals surface area contributed by atoms with Gasteiger partial charge < -0.3 is 15.1 Å². The summed E-state index contributed by atoms with van der Waals surface area (Å²) in [4.78, 5) is 0. The number of hydrogen-bond acceptors (Lipinski definition) is 4. The van der Waals surface area contributed by atoms with Crippen LogP contribution in [0, 0.1) is 0 Å². The van der Waals surface area contributed by atoms with Crippen LogP contribution < -0.4 is 4.74 Å². The fraction of sp³-hybridized carbons (Fsp3) is 0.462. The maximum Gasteiger partial charge on any atom is 0.128 e. The van der Waals surface area contributed by atoms with Gasteiger partial charge in [-0.3, -0.25) is 0 Å². The first-order chi connectivity index (χ1) is 8.22. The predicted octanol–water partition coefficient (Wildman–Crippen LogP) is 2.42. The Balaban J connectivity index is 2.84. The summed E-state index contributed by atoms with van der Waals surface area (Å²) in [5.74, 6) is 0.634. The zero-order valence-electron chi connectivity index (χ0n) is 10.3. The van der Waals surface area contributed by atoms with Gasteiger partial charge in [0, 0.05) is 5.56 Å². The van der Waals surface area contributed by atoms with E-state index in [0.717, 1.165) is 5.56 Å². The Morgan fingerprint density at radius 1 is 1.35 bits per heavy atom. The van der Waals surface area contributed by atoms with Gasteiger partial charge in [0.05, 0.1) is 11.8 Å². The topological polar surface area (TPSA) is 62.1 Å². The third-order valence-electron chi connectivity index (χ3n) is 2.56. The van der Waals surface area contributed by atoms with Gasteiger partial charge in [-0.25, -0.2) is 0 Å². The quantitative estimate of drug-likeness (QED) is 0.454. The lowest BCUT2D eigenvalue weighted by atomic mass is 10.1. The number of nitrogens with zero attached hydrogens (tertiary/aromatic N) is 1. The molecule has 0 radical (unpaired) electrons. The van der Waals surface area contributed by atoms with E-state index in [-0.39, 0.29) is 6.61 Å². The zero-order valence-corrected chi connectivity index (χ0v) is 10.3. The van der Waals surface area contributed by atoms with Crippen LogP contribution in [0.3, 0.4) is 0 Å². The molecule has 0 aliphatic rings. The summed E-state index contributed by atoms with van der Waals surface area (Å²) in [6.45, 7) is 4.05. The summed E-state index contributed by atoms with van der Waals surface area (Å²) < 4.78 is 5.53. The van der Waals surface area contributed by atoms with Crippen molar-refractivity contribution in [1.29, 1.82) is 0 Å². The molecule has 2 N–H and O–H groups in total. The molecule has 1 atom stereocenters. The van der Waals surface area contributed by atoms with Crippen LogP contribution in [0.1, 0.15) is 32.3 Å². The van der Waals surface area contributed by atoms with Gasteiger partial charge in [-0.1, -0.05) is 31.1 Å².